The van der Waals surface area contributed by atoms with Crippen LogP contribution in [0.1, 0.15) is 31.0 Å². The lowest BCUT2D eigenvalue weighted by atomic mass is 9.96. The predicted octanol–water partition coefficient (Wildman–Crippen LogP) is 4.29. The van der Waals surface area contributed by atoms with Gasteiger partial charge in [0.1, 0.15) is 5.75 Å². The van der Waals surface area contributed by atoms with E-state index in [1.54, 1.807) is 43.4 Å². The number of carbonyl (C=O) groups excluding carboxylic acids is 1. The largest absolute Gasteiger partial charge is 0.496 e. The van der Waals surface area contributed by atoms with Crippen molar-refractivity contribution < 1.29 is 14.3 Å². The first-order chi connectivity index (χ1) is 16.4. The Hall–Kier alpha value is -2.62. The lowest BCUT2D eigenvalue weighted by Crippen LogP contribution is -2.39. The van der Waals surface area contributed by atoms with E-state index in [2.05, 4.69) is 20.9 Å². The highest BCUT2D eigenvalue weighted by atomic mass is 79.9. The molecule has 1 aliphatic heterocycles. The second-order valence-corrected chi connectivity index (χ2v) is 10.2. The molecule has 0 radical (unpaired) electrons. The molecular formula is C25H23BrN2O4S2. The number of hydrogen-bond acceptors (Lipinski definition) is 7. The normalized spacial score (nSPS) is 15.7. The van der Waals surface area contributed by atoms with Crippen LogP contribution in [0.15, 0.2) is 72.9 Å². The maximum atomic E-state index is 13.6. The molecule has 34 heavy (non-hydrogen) atoms. The van der Waals surface area contributed by atoms with Gasteiger partial charge in [0, 0.05) is 4.90 Å². The second kappa shape index (κ2) is 10.3. The maximum absolute atomic E-state index is 13.6. The summed E-state index contributed by atoms with van der Waals surface area (Å²) in [4.78, 5) is 32.9. The number of benzene rings is 2. The van der Waals surface area contributed by atoms with Crippen molar-refractivity contribution in [2.24, 2.45) is 4.99 Å². The fourth-order valence-corrected chi connectivity index (χ4v) is 5.82. The number of methoxy groups -OCH3 is 1. The van der Waals surface area contributed by atoms with E-state index in [4.69, 9.17) is 9.47 Å². The zero-order valence-corrected chi connectivity index (χ0v) is 22.3. The quantitative estimate of drug-likeness (QED) is 0.333. The summed E-state index contributed by atoms with van der Waals surface area (Å²) in [6, 6.07) is 12.9. The molecule has 0 saturated carbocycles. The number of thiazole rings is 1. The molecule has 0 fully saturated rings. The molecule has 0 N–H and O–H groups in total. The van der Waals surface area contributed by atoms with Crippen molar-refractivity contribution in [2.75, 3.05) is 20.0 Å². The third kappa shape index (κ3) is 4.64. The predicted molar refractivity (Wildman–Crippen MR) is 139 cm³/mol. The van der Waals surface area contributed by atoms with E-state index >= 15 is 0 Å². The molecular weight excluding hydrogens is 536 g/mol. The van der Waals surface area contributed by atoms with E-state index in [-0.39, 0.29) is 12.2 Å². The monoisotopic (exact) mass is 558 g/mol. The summed E-state index contributed by atoms with van der Waals surface area (Å²) in [6.07, 6.45) is 3.88. The van der Waals surface area contributed by atoms with Gasteiger partial charge < -0.3 is 9.47 Å². The average molecular weight is 560 g/mol. The van der Waals surface area contributed by atoms with Gasteiger partial charge in [0.05, 0.1) is 40.0 Å². The number of nitrogens with zero attached hydrogens (tertiary/aromatic N) is 2. The first-order valence-electron chi connectivity index (χ1n) is 10.5. The van der Waals surface area contributed by atoms with E-state index in [1.807, 2.05) is 48.7 Å². The zero-order valence-electron chi connectivity index (χ0n) is 19.1. The van der Waals surface area contributed by atoms with Crippen LogP contribution in [-0.2, 0) is 9.53 Å². The summed E-state index contributed by atoms with van der Waals surface area (Å²) < 4.78 is 13.6. The lowest BCUT2D eigenvalue weighted by Gasteiger charge is -2.25. The number of carbonyl (C=O) groups is 1. The van der Waals surface area contributed by atoms with Gasteiger partial charge in [-0.2, -0.15) is 0 Å². The van der Waals surface area contributed by atoms with Crippen molar-refractivity contribution in [2.45, 2.75) is 24.8 Å². The van der Waals surface area contributed by atoms with Crippen molar-refractivity contribution in [1.29, 1.82) is 0 Å². The molecule has 1 aliphatic rings. The molecule has 0 unspecified atom stereocenters. The molecule has 0 saturated heterocycles. The Morgan fingerprint density at radius 3 is 2.62 bits per heavy atom. The third-order valence-electron chi connectivity index (χ3n) is 5.42. The highest BCUT2D eigenvalue weighted by molar-refractivity contribution is 9.10. The van der Waals surface area contributed by atoms with Gasteiger partial charge in [-0.05, 0) is 77.5 Å². The van der Waals surface area contributed by atoms with Gasteiger partial charge in [0.25, 0.3) is 5.56 Å². The summed E-state index contributed by atoms with van der Waals surface area (Å²) in [7, 11) is 1.59. The molecule has 176 valence electrons. The molecule has 3 aromatic rings. The Bertz CT molecular complexity index is 1460. The topological polar surface area (TPSA) is 69.9 Å². The van der Waals surface area contributed by atoms with Crippen LogP contribution < -0.4 is 19.6 Å². The minimum atomic E-state index is -0.668. The minimum absolute atomic E-state index is 0.205. The standard InChI is InChI=1S/C25H23BrN2O4S2/c1-5-32-24(30)21-14(2)27-25-28(22(21)16-8-11-19(31-3)18(26)13-16)23(29)20(34-25)12-15-6-9-17(33-4)10-7-15/h6-13,22H,5H2,1-4H3/b20-12-/t22-/m0/s1. The SMILES string of the molecule is CCOC(=O)C1=C(C)N=c2s/c(=C\c3ccc(SC)cc3)c(=O)n2[C@H]1c1ccc(OC)c(Br)c1. The molecule has 0 spiro atoms. The number of thioether (sulfide) groups is 1. The van der Waals surface area contributed by atoms with Crippen LogP contribution >= 0.6 is 39.0 Å². The number of ether oxygens (including phenoxy) is 2. The summed E-state index contributed by atoms with van der Waals surface area (Å²) in [5, 5.41) is 0. The van der Waals surface area contributed by atoms with E-state index in [1.165, 1.54) is 11.3 Å². The highest BCUT2D eigenvalue weighted by Gasteiger charge is 2.33. The molecule has 4 rings (SSSR count). The highest BCUT2D eigenvalue weighted by Crippen LogP contribution is 2.35. The Balaban J connectivity index is 1.93. The molecule has 0 amide bonds. The summed E-state index contributed by atoms with van der Waals surface area (Å²) in [6.45, 7) is 3.76. The third-order valence-corrected chi connectivity index (χ3v) is 7.77. The molecule has 2 aromatic carbocycles. The number of hydrogen-bond donors (Lipinski definition) is 0. The van der Waals surface area contributed by atoms with Gasteiger partial charge in [-0.1, -0.05) is 29.5 Å². The number of rotatable bonds is 6. The minimum Gasteiger partial charge on any atom is -0.496 e. The van der Waals surface area contributed by atoms with Crippen LogP contribution in [0.2, 0.25) is 0 Å². The van der Waals surface area contributed by atoms with Gasteiger partial charge >= 0.3 is 5.97 Å². The van der Waals surface area contributed by atoms with Crippen molar-refractivity contribution in [3.8, 4) is 5.75 Å². The molecule has 1 aromatic heterocycles. The van der Waals surface area contributed by atoms with E-state index in [0.717, 1.165) is 20.5 Å². The Morgan fingerprint density at radius 2 is 2.00 bits per heavy atom. The summed E-state index contributed by atoms with van der Waals surface area (Å²) >= 11 is 6.49. The number of aromatic nitrogens is 1. The van der Waals surface area contributed by atoms with Crippen LogP contribution in [-0.4, -0.2) is 30.5 Å². The van der Waals surface area contributed by atoms with Gasteiger partial charge in [-0.25, -0.2) is 9.79 Å². The Kier molecular flexibility index (Phi) is 7.45. The van der Waals surface area contributed by atoms with Crippen LogP contribution in [0.5, 0.6) is 5.75 Å². The molecule has 6 nitrogen and oxygen atoms in total. The first kappa shape index (κ1) is 24.5. The molecule has 0 aliphatic carbocycles. The van der Waals surface area contributed by atoms with Crippen LogP contribution in [0.25, 0.3) is 6.08 Å². The van der Waals surface area contributed by atoms with Gasteiger partial charge in [0.15, 0.2) is 4.80 Å². The first-order valence-corrected chi connectivity index (χ1v) is 13.4. The number of halogens is 1. The lowest BCUT2D eigenvalue weighted by molar-refractivity contribution is -0.139. The molecule has 1 atom stereocenters. The van der Waals surface area contributed by atoms with Crippen LogP contribution in [0, 0.1) is 0 Å². The average Bonchev–Trinajstić information content (AvgIpc) is 3.13. The number of allylic oxidation sites excluding steroid dienone is 1. The molecule has 2 heterocycles. The molecule has 0 bridgehead atoms. The van der Waals surface area contributed by atoms with Gasteiger partial charge in [-0.15, -0.1) is 11.8 Å². The number of fused-ring (bicyclic) bond motifs is 1. The smallest absolute Gasteiger partial charge is 0.338 e. The van der Waals surface area contributed by atoms with E-state index < -0.39 is 12.0 Å². The maximum Gasteiger partial charge on any atom is 0.338 e. The fraction of sp³-hybridized carbons (Fsp3) is 0.240. The van der Waals surface area contributed by atoms with Crippen LogP contribution in [0.4, 0.5) is 0 Å². The number of esters is 1. The van der Waals surface area contributed by atoms with Crippen molar-refractivity contribution in [1.82, 2.24) is 4.57 Å². The van der Waals surface area contributed by atoms with Gasteiger partial charge in [-0.3, -0.25) is 9.36 Å². The zero-order chi connectivity index (χ0) is 24.4. The Morgan fingerprint density at radius 1 is 1.26 bits per heavy atom. The fourth-order valence-electron chi connectivity index (χ4n) is 3.81. The summed E-state index contributed by atoms with van der Waals surface area (Å²) in [5.74, 6) is 0.172. The van der Waals surface area contributed by atoms with Crippen molar-refractivity contribution in [3.63, 3.8) is 0 Å². The van der Waals surface area contributed by atoms with Gasteiger partial charge in [0.2, 0.25) is 0 Å². The van der Waals surface area contributed by atoms with E-state index in [9.17, 15) is 9.59 Å². The molecule has 9 heteroatoms. The van der Waals surface area contributed by atoms with E-state index in [0.29, 0.717) is 26.4 Å². The van der Waals surface area contributed by atoms with Crippen LogP contribution in [0.3, 0.4) is 0 Å². The van der Waals surface area contributed by atoms with Crippen molar-refractivity contribution >= 4 is 51.1 Å². The Labute approximate surface area is 213 Å². The summed E-state index contributed by atoms with van der Waals surface area (Å²) in [5.41, 5.74) is 2.36. The second-order valence-electron chi connectivity index (χ2n) is 7.47. The van der Waals surface area contributed by atoms with Crippen molar-refractivity contribution in [3.05, 3.63) is 89.0 Å².